The Bertz CT molecular complexity index is 983. The number of aryl methyl sites for hydroxylation is 1. The van der Waals surface area contributed by atoms with Gasteiger partial charge in [0.25, 0.3) is 5.91 Å². The van der Waals surface area contributed by atoms with Crippen molar-refractivity contribution in [1.29, 1.82) is 0 Å². The number of sulfone groups is 1. The molecule has 30 heavy (non-hydrogen) atoms. The molecule has 3 heterocycles. The minimum atomic E-state index is -3.16. The first-order valence-corrected chi connectivity index (χ1v) is 12.0. The third kappa shape index (κ3) is 4.99. The van der Waals surface area contributed by atoms with E-state index < -0.39 is 15.9 Å². The lowest BCUT2D eigenvalue weighted by Crippen LogP contribution is -2.52. The number of amides is 1. The molecule has 4 rings (SSSR count). The normalized spacial score (nSPS) is 23.9. The van der Waals surface area contributed by atoms with Crippen LogP contribution in [0.15, 0.2) is 28.8 Å². The summed E-state index contributed by atoms with van der Waals surface area (Å²) in [5.41, 5.74) is 0.458. The second kappa shape index (κ2) is 8.73. The number of rotatable bonds is 6. The molecule has 2 aliphatic heterocycles. The predicted octanol–water partition coefficient (Wildman–Crippen LogP) is 1.34. The molecule has 2 atom stereocenters. The maximum atomic E-state index is 12.7. The lowest BCUT2D eigenvalue weighted by molar-refractivity contribution is 0.0900. The van der Waals surface area contributed by atoms with Gasteiger partial charge < -0.3 is 14.6 Å². The number of piperidine rings is 1. The number of ether oxygens (including phenoxy) is 1. The van der Waals surface area contributed by atoms with Crippen LogP contribution >= 0.6 is 0 Å². The van der Waals surface area contributed by atoms with E-state index in [0.717, 1.165) is 25.9 Å². The Morgan fingerprint density at radius 1 is 1.20 bits per heavy atom. The van der Waals surface area contributed by atoms with Gasteiger partial charge in [0.2, 0.25) is 11.7 Å². The van der Waals surface area contributed by atoms with Gasteiger partial charge in [0.05, 0.1) is 17.5 Å². The lowest BCUT2D eigenvalue weighted by Gasteiger charge is -2.35. The van der Waals surface area contributed by atoms with E-state index in [1.807, 2.05) is 0 Å². The third-order valence-electron chi connectivity index (χ3n) is 5.55. The van der Waals surface area contributed by atoms with Crippen molar-refractivity contribution >= 4 is 15.7 Å². The summed E-state index contributed by atoms with van der Waals surface area (Å²) < 4.78 is 35.0. The molecule has 1 aromatic carbocycles. The molecular formula is C20H26N4O5S. The van der Waals surface area contributed by atoms with Crippen molar-refractivity contribution in [1.82, 2.24) is 20.4 Å². The first-order chi connectivity index (χ1) is 14.4. The molecule has 2 aromatic rings. The van der Waals surface area contributed by atoms with Crippen LogP contribution in [0.4, 0.5) is 0 Å². The smallest absolute Gasteiger partial charge is 0.251 e. The highest BCUT2D eigenvalue weighted by Crippen LogP contribution is 2.23. The standard InChI is InChI=1S/C20H26N4O5S/c1-14-21-19(23-29-14)11-28-16-7-5-15(6-8-16)20(25)22-17-12-30(26,27)13-18(17)24-9-3-2-4-10-24/h5-8,17-18H,2-4,9-13H2,1H3,(H,22,25). The molecule has 0 radical (unpaired) electrons. The number of hydrogen-bond donors (Lipinski definition) is 1. The van der Waals surface area contributed by atoms with Gasteiger partial charge in [-0.25, -0.2) is 8.42 Å². The van der Waals surface area contributed by atoms with Crippen LogP contribution in [-0.2, 0) is 16.4 Å². The van der Waals surface area contributed by atoms with Crippen molar-refractivity contribution in [2.45, 2.75) is 44.9 Å². The Morgan fingerprint density at radius 2 is 1.93 bits per heavy atom. The molecule has 0 bridgehead atoms. The second-order valence-electron chi connectivity index (χ2n) is 7.86. The number of benzene rings is 1. The van der Waals surface area contributed by atoms with Crippen LogP contribution < -0.4 is 10.1 Å². The van der Waals surface area contributed by atoms with Crippen molar-refractivity contribution in [2.24, 2.45) is 0 Å². The molecule has 2 aliphatic rings. The molecule has 1 N–H and O–H groups in total. The van der Waals surface area contributed by atoms with Crippen LogP contribution in [-0.4, -0.2) is 66.0 Å². The van der Waals surface area contributed by atoms with E-state index in [1.165, 1.54) is 6.42 Å². The highest BCUT2D eigenvalue weighted by atomic mass is 32.2. The van der Waals surface area contributed by atoms with Gasteiger partial charge in [-0.15, -0.1) is 0 Å². The highest BCUT2D eigenvalue weighted by Gasteiger charge is 2.41. The quantitative estimate of drug-likeness (QED) is 0.724. The number of carbonyl (C=O) groups is 1. The van der Waals surface area contributed by atoms with Gasteiger partial charge in [0.1, 0.15) is 5.75 Å². The summed E-state index contributed by atoms with van der Waals surface area (Å²) in [5.74, 6) is 1.31. The van der Waals surface area contributed by atoms with Gasteiger partial charge in [-0.3, -0.25) is 9.69 Å². The fourth-order valence-electron chi connectivity index (χ4n) is 4.08. The zero-order chi connectivity index (χ0) is 21.1. The zero-order valence-corrected chi connectivity index (χ0v) is 17.7. The van der Waals surface area contributed by atoms with Gasteiger partial charge in [-0.2, -0.15) is 4.98 Å². The summed E-state index contributed by atoms with van der Waals surface area (Å²) in [6.45, 7) is 3.65. The predicted molar refractivity (Wildman–Crippen MR) is 109 cm³/mol. The van der Waals surface area contributed by atoms with E-state index in [0.29, 0.717) is 23.0 Å². The van der Waals surface area contributed by atoms with Crippen molar-refractivity contribution in [3.8, 4) is 5.75 Å². The number of nitrogens with one attached hydrogen (secondary N) is 1. The number of likely N-dealkylation sites (tertiary alicyclic amines) is 1. The molecule has 10 heteroatoms. The Balaban J connectivity index is 1.37. The zero-order valence-electron chi connectivity index (χ0n) is 16.9. The maximum absolute atomic E-state index is 12.7. The van der Waals surface area contributed by atoms with Gasteiger partial charge in [0, 0.05) is 18.5 Å². The molecule has 1 amide bonds. The molecule has 2 fully saturated rings. The van der Waals surface area contributed by atoms with Crippen LogP contribution in [0.3, 0.4) is 0 Å². The summed E-state index contributed by atoms with van der Waals surface area (Å²) in [4.78, 5) is 19.0. The summed E-state index contributed by atoms with van der Waals surface area (Å²) in [7, 11) is -3.16. The lowest BCUT2D eigenvalue weighted by atomic mass is 10.0. The van der Waals surface area contributed by atoms with Crippen LogP contribution in [0, 0.1) is 6.92 Å². The van der Waals surface area contributed by atoms with Gasteiger partial charge in [-0.1, -0.05) is 11.6 Å². The number of aromatic nitrogens is 2. The topological polar surface area (TPSA) is 115 Å². The van der Waals surface area contributed by atoms with Crippen LogP contribution in [0.5, 0.6) is 5.75 Å². The van der Waals surface area contributed by atoms with Gasteiger partial charge in [0.15, 0.2) is 16.4 Å². The average molecular weight is 435 g/mol. The first kappa shape index (κ1) is 20.8. The Morgan fingerprint density at radius 3 is 2.60 bits per heavy atom. The fourth-order valence-corrected chi connectivity index (χ4v) is 6.03. The van der Waals surface area contributed by atoms with Crippen molar-refractivity contribution < 1.29 is 22.5 Å². The van der Waals surface area contributed by atoms with Gasteiger partial charge >= 0.3 is 0 Å². The summed E-state index contributed by atoms with van der Waals surface area (Å²) >= 11 is 0. The number of nitrogens with zero attached hydrogens (tertiary/aromatic N) is 3. The van der Waals surface area contributed by atoms with Crippen molar-refractivity contribution in [3.05, 3.63) is 41.5 Å². The third-order valence-corrected chi connectivity index (χ3v) is 7.27. The van der Waals surface area contributed by atoms with Crippen molar-refractivity contribution in [3.63, 3.8) is 0 Å². The van der Waals surface area contributed by atoms with Crippen LogP contribution in [0.25, 0.3) is 0 Å². The van der Waals surface area contributed by atoms with E-state index in [4.69, 9.17) is 9.26 Å². The SMILES string of the molecule is Cc1nc(COc2ccc(C(=O)NC3CS(=O)(=O)CC3N3CCCCC3)cc2)no1. The van der Waals surface area contributed by atoms with E-state index in [1.54, 1.807) is 31.2 Å². The van der Waals surface area contributed by atoms with E-state index in [2.05, 4.69) is 20.4 Å². The number of carbonyl (C=O) groups excluding carboxylic acids is 1. The molecule has 9 nitrogen and oxygen atoms in total. The second-order valence-corrected chi connectivity index (χ2v) is 10.0. The molecule has 0 aliphatic carbocycles. The Labute approximate surface area is 175 Å². The summed E-state index contributed by atoms with van der Waals surface area (Å²) in [5, 5.41) is 6.71. The summed E-state index contributed by atoms with van der Waals surface area (Å²) in [6.07, 6.45) is 3.32. The Hall–Kier alpha value is -2.46. The molecular weight excluding hydrogens is 408 g/mol. The van der Waals surface area contributed by atoms with Crippen LogP contribution in [0.2, 0.25) is 0 Å². The largest absolute Gasteiger partial charge is 0.485 e. The minimum Gasteiger partial charge on any atom is -0.485 e. The number of hydrogen-bond acceptors (Lipinski definition) is 8. The monoisotopic (exact) mass is 434 g/mol. The Kier molecular flexibility index (Phi) is 6.05. The molecule has 162 valence electrons. The van der Waals surface area contributed by atoms with E-state index in [-0.39, 0.29) is 30.1 Å². The molecule has 0 saturated carbocycles. The molecule has 0 spiro atoms. The first-order valence-electron chi connectivity index (χ1n) is 10.2. The summed E-state index contributed by atoms with van der Waals surface area (Å²) in [6, 6.07) is 6.15. The van der Waals surface area contributed by atoms with Crippen LogP contribution in [0.1, 0.15) is 41.3 Å². The maximum Gasteiger partial charge on any atom is 0.251 e. The van der Waals surface area contributed by atoms with Crippen molar-refractivity contribution in [2.75, 3.05) is 24.6 Å². The molecule has 2 saturated heterocycles. The van der Waals surface area contributed by atoms with E-state index in [9.17, 15) is 13.2 Å². The van der Waals surface area contributed by atoms with Gasteiger partial charge in [-0.05, 0) is 50.2 Å². The fraction of sp³-hybridized carbons (Fsp3) is 0.550. The molecule has 2 unspecified atom stereocenters. The average Bonchev–Trinajstić information content (AvgIpc) is 3.29. The minimum absolute atomic E-state index is 0.00871. The highest BCUT2D eigenvalue weighted by molar-refractivity contribution is 7.91. The van der Waals surface area contributed by atoms with E-state index >= 15 is 0 Å². The molecule has 1 aromatic heterocycles.